The molecule has 0 aliphatic rings. The predicted molar refractivity (Wildman–Crippen MR) is 56.9 cm³/mol. The first-order valence-corrected chi connectivity index (χ1v) is 4.31. The van der Waals surface area contributed by atoms with Crippen LogP contribution in [0.5, 0.6) is 0 Å². The molecule has 0 aliphatic carbocycles. The molecule has 0 amide bonds. The van der Waals surface area contributed by atoms with Crippen LogP contribution in [-0.2, 0) is 23.6 Å². The molecule has 0 unspecified atom stereocenters. The van der Waals surface area contributed by atoms with Gasteiger partial charge < -0.3 is 0 Å². The van der Waals surface area contributed by atoms with Crippen LogP contribution in [-0.4, -0.2) is 0 Å². The maximum atomic E-state index is 7.92. The van der Waals surface area contributed by atoms with Crippen molar-refractivity contribution < 1.29 is 17.1 Å². The third-order valence-corrected chi connectivity index (χ3v) is 1.60. The molecular weight excluding hydrogens is 230 g/mol. The monoisotopic (exact) mass is 241 g/mol. The van der Waals surface area contributed by atoms with Crippen LogP contribution in [0.1, 0.15) is 5.56 Å². The first-order chi connectivity index (χ1) is 6.93. The number of hydrogen-bond donors (Lipinski definition) is 0. The van der Waals surface area contributed by atoms with E-state index in [1.807, 2.05) is 54.6 Å². The molecule has 0 saturated heterocycles. The van der Waals surface area contributed by atoms with E-state index in [0.29, 0.717) is 6.54 Å². The normalized spacial score (nSPS) is 7.73. The summed E-state index contributed by atoms with van der Waals surface area (Å²) < 4.78 is 0. The van der Waals surface area contributed by atoms with Gasteiger partial charge in [-0.2, -0.15) is 35.9 Å². The molecule has 0 N–H and O–H groups in total. The Hall–Kier alpha value is -1.47. The van der Waals surface area contributed by atoms with Crippen molar-refractivity contribution in [1.82, 2.24) is 0 Å². The second-order valence-electron chi connectivity index (χ2n) is 2.64. The third-order valence-electron chi connectivity index (χ3n) is 1.60. The molecule has 2 rings (SSSR count). The van der Waals surface area contributed by atoms with Crippen LogP contribution in [0.4, 0.5) is 0 Å². The van der Waals surface area contributed by atoms with Gasteiger partial charge in [0.2, 0.25) is 0 Å². The van der Waals surface area contributed by atoms with Crippen LogP contribution in [0.3, 0.4) is 0 Å². The average molecular weight is 241 g/mol. The summed E-state index contributed by atoms with van der Waals surface area (Å²) in [5, 5.41) is 3.39. The Morgan fingerprint density at radius 2 is 1.93 bits per heavy atom. The van der Waals surface area contributed by atoms with E-state index in [1.165, 1.54) is 0 Å². The molecule has 0 radical (unpaired) electrons. The van der Waals surface area contributed by atoms with Gasteiger partial charge in [-0.3, -0.25) is 0 Å². The molecule has 0 aliphatic heterocycles. The van der Waals surface area contributed by atoms with Crippen molar-refractivity contribution in [3.63, 3.8) is 0 Å². The van der Waals surface area contributed by atoms with Crippen molar-refractivity contribution in [2.75, 3.05) is 0 Å². The van der Waals surface area contributed by atoms with Gasteiger partial charge in [-0.05, 0) is 5.53 Å². The zero-order valence-electron chi connectivity index (χ0n) is 8.10. The van der Waals surface area contributed by atoms with Crippen molar-refractivity contribution in [2.45, 2.75) is 6.54 Å². The minimum Gasteiger partial charge on any atom is -0.214 e. The second-order valence-corrected chi connectivity index (χ2v) is 2.64. The minimum absolute atomic E-state index is 0. The van der Waals surface area contributed by atoms with E-state index in [1.54, 1.807) is 0 Å². The molecule has 2 aromatic carbocycles. The van der Waals surface area contributed by atoms with E-state index >= 15 is 0 Å². The number of hydrogen-bond acceptors (Lipinski definition) is 1. The van der Waals surface area contributed by atoms with Crippen LogP contribution >= 0.6 is 0 Å². The summed E-state index contributed by atoms with van der Waals surface area (Å²) in [7, 11) is 0. The molecule has 0 spiro atoms. The molecule has 0 saturated carbocycles. The number of nitrogens with zero attached hydrogens (tertiary/aromatic N) is 3. The molecule has 3 nitrogen and oxygen atoms in total. The largest absolute Gasteiger partial charge is 2.00 e. The third kappa shape index (κ3) is 6.58. The van der Waals surface area contributed by atoms with Gasteiger partial charge in [-0.15, -0.1) is 0 Å². The summed E-state index contributed by atoms with van der Waals surface area (Å²) in [6.45, 7) is 0.462. The van der Waals surface area contributed by atoms with E-state index < -0.39 is 0 Å². The summed E-state index contributed by atoms with van der Waals surface area (Å²) in [6.07, 6.45) is 0. The molecule has 2 aromatic rings. The van der Waals surface area contributed by atoms with Gasteiger partial charge in [-0.25, -0.2) is 24.3 Å². The molecule has 4 heteroatoms. The van der Waals surface area contributed by atoms with Crippen molar-refractivity contribution in [1.29, 1.82) is 0 Å². The standard InChI is InChI=1S/C6H6N3.C5H5.Fe/c7-9-8-5-6-3-1-2-4-6;1-2-4-5-3-1;/h1-4H,5H2;1-5H;/q2*-1;+2. The Morgan fingerprint density at radius 1 is 1.20 bits per heavy atom. The summed E-state index contributed by atoms with van der Waals surface area (Å²) in [5.74, 6) is 0. The van der Waals surface area contributed by atoms with Crippen molar-refractivity contribution >= 4 is 0 Å². The van der Waals surface area contributed by atoms with E-state index in [2.05, 4.69) is 10.0 Å². The summed E-state index contributed by atoms with van der Waals surface area (Å²) in [5.41, 5.74) is 8.99. The molecule has 0 bridgehead atoms. The van der Waals surface area contributed by atoms with E-state index in [9.17, 15) is 0 Å². The number of azide groups is 1. The number of rotatable bonds is 2. The summed E-state index contributed by atoms with van der Waals surface area (Å²) in [6, 6.07) is 17.7. The van der Waals surface area contributed by atoms with Crippen LogP contribution in [0.2, 0.25) is 0 Å². The smallest absolute Gasteiger partial charge is 0.214 e. The van der Waals surface area contributed by atoms with Gasteiger partial charge in [0.25, 0.3) is 0 Å². The maximum absolute atomic E-state index is 7.92. The summed E-state index contributed by atoms with van der Waals surface area (Å²) >= 11 is 0. The van der Waals surface area contributed by atoms with Crippen LogP contribution in [0, 0.1) is 0 Å². The van der Waals surface area contributed by atoms with E-state index in [4.69, 9.17) is 5.53 Å². The van der Waals surface area contributed by atoms with Gasteiger partial charge in [0.1, 0.15) is 0 Å². The van der Waals surface area contributed by atoms with Crippen LogP contribution < -0.4 is 0 Å². The van der Waals surface area contributed by atoms with Crippen molar-refractivity contribution in [3.05, 3.63) is 70.6 Å². The minimum atomic E-state index is 0. The van der Waals surface area contributed by atoms with Crippen LogP contribution in [0.25, 0.3) is 10.4 Å². The molecular formula is C11H11FeN3. The zero-order chi connectivity index (χ0) is 10.1. The molecule has 78 valence electrons. The molecule has 0 aromatic heterocycles. The Bertz CT molecular complexity index is 341. The fourth-order valence-electron chi connectivity index (χ4n) is 0.953. The summed E-state index contributed by atoms with van der Waals surface area (Å²) in [4.78, 5) is 2.64. The molecule has 15 heavy (non-hydrogen) atoms. The Labute approximate surface area is 99.6 Å². The second kappa shape index (κ2) is 9.10. The predicted octanol–water partition coefficient (Wildman–Crippen LogP) is 3.62. The Kier molecular flexibility index (Phi) is 8.21. The van der Waals surface area contributed by atoms with Gasteiger partial charge in [0.15, 0.2) is 0 Å². The van der Waals surface area contributed by atoms with Gasteiger partial charge in [0, 0.05) is 11.5 Å². The molecule has 0 atom stereocenters. The maximum Gasteiger partial charge on any atom is 2.00 e. The fourth-order valence-corrected chi connectivity index (χ4v) is 0.953. The van der Waals surface area contributed by atoms with E-state index in [0.717, 1.165) is 5.56 Å². The van der Waals surface area contributed by atoms with Gasteiger partial charge in [-0.1, -0.05) is 5.11 Å². The Balaban J connectivity index is 0.000000280. The van der Waals surface area contributed by atoms with E-state index in [-0.39, 0.29) is 17.1 Å². The fraction of sp³-hybridized carbons (Fsp3) is 0.0909. The first kappa shape index (κ1) is 13.5. The Morgan fingerprint density at radius 3 is 2.33 bits per heavy atom. The van der Waals surface area contributed by atoms with Crippen LogP contribution in [0.15, 0.2) is 59.7 Å². The first-order valence-electron chi connectivity index (χ1n) is 4.31. The average Bonchev–Trinajstić information content (AvgIpc) is 2.90. The van der Waals surface area contributed by atoms with Crippen molar-refractivity contribution in [2.24, 2.45) is 5.11 Å². The van der Waals surface area contributed by atoms with Gasteiger partial charge >= 0.3 is 17.1 Å². The van der Waals surface area contributed by atoms with Crippen molar-refractivity contribution in [3.8, 4) is 0 Å². The molecule has 0 heterocycles. The molecule has 0 fully saturated rings. The quantitative estimate of drug-likeness (QED) is 0.253. The van der Waals surface area contributed by atoms with Gasteiger partial charge in [0.05, 0.1) is 0 Å². The zero-order valence-corrected chi connectivity index (χ0v) is 9.20. The SMILES string of the molecule is [Fe+2].[N-]=[N+]=NCc1ccc[cH-]1.c1cc[cH-]c1. The topological polar surface area (TPSA) is 48.8 Å².